The van der Waals surface area contributed by atoms with E-state index in [0.29, 0.717) is 5.92 Å². The molecule has 5 heteroatoms. The molecular weight excluding hydrogens is 260 g/mol. The Bertz CT molecular complexity index is 369. The van der Waals surface area contributed by atoms with Crippen LogP contribution in [-0.2, 0) is 6.54 Å². The number of aromatic nitrogens is 1. The molecule has 1 aromatic heterocycles. The molecule has 2 aliphatic rings. The van der Waals surface area contributed by atoms with Gasteiger partial charge in [0.05, 0.1) is 12.1 Å². The van der Waals surface area contributed by atoms with Crippen LogP contribution < -0.4 is 0 Å². The van der Waals surface area contributed by atoms with E-state index in [1.54, 1.807) is 0 Å². The van der Waals surface area contributed by atoms with Gasteiger partial charge in [-0.2, -0.15) is 0 Å². The van der Waals surface area contributed by atoms with Crippen LogP contribution in [0.3, 0.4) is 0 Å². The lowest BCUT2D eigenvalue weighted by Gasteiger charge is -2.46. The number of rotatable bonds is 3. The molecule has 1 saturated heterocycles. The van der Waals surface area contributed by atoms with Crippen LogP contribution in [0.2, 0.25) is 0 Å². The van der Waals surface area contributed by atoms with Crippen molar-refractivity contribution in [2.45, 2.75) is 25.0 Å². The number of nitrogens with zero attached hydrogens (tertiary/aromatic N) is 2. The fraction of sp³-hybridized carbons (Fsp3) is 0.700. The van der Waals surface area contributed by atoms with E-state index in [4.69, 9.17) is 4.52 Å². The third kappa shape index (κ3) is 1.84. The van der Waals surface area contributed by atoms with Gasteiger partial charge in [0, 0.05) is 19.2 Å². The monoisotopic (exact) mass is 272 g/mol. The Labute approximate surface area is 96.4 Å². The predicted octanol–water partition coefficient (Wildman–Crippen LogP) is 1.39. The lowest BCUT2D eigenvalue weighted by molar-refractivity contribution is -0.118. The average molecular weight is 273 g/mol. The van der Waals surface area contributed by atoms with Crippen LogP contribution in [0.25, 0.3) is 0 Å². The zero-order valence-corrected chi connectivity index (χ0v) is 9.90. The summed E-state index contributed by atoms with van der Waals surface area (Å²) < 4.78 is 5.83. The minimum absolute atomic E-state index is 0.406. The highest BCUT2D eigenvalue weighted by molar-refractivity contribution is 9.10. The minimum atomic E-state index is -0.406. The van der Waals surface area contributed by atoms with Gasteiger partial charge in [0.15, 0.2) is 5.76 Å². The van der Waals surface area contributed by atoms with Crippen LogP contribution in [0.15, 0.2) is 15.2 Å². The third-order valence-electron chi connectivity index (χ3n) is 3.24. The lowest BCUT2D eigenvalue weighted by Crippen LogP contribution is -2.62. The molecule has 2 heterocycles. The summed E-state index contributed by atoms with van der Waals surface area (Å²) in [7, 11) is 0. The standard InChI is InChI=1S/C10H13BrN2O2/c11-9-3-8(15-12-9)4-13-5-10(14,6-13)7-1-2-7/h3,7,14H,1-2,4-6H2. The molecule has 0 atom stereocenters. The van der Waals surface area contributed by atoms with Gasteiger partial charge in [-0.1, -0.05) is 5.16 Å². The van der Waals surface area contributed by atoms with E-state index < -0.39 is 5.60 Å². The summed E-state index contributed by atoms with van der Waals surface area (Å²) in [5.41, 5.74) is -0.406. The lowest BCUT2D eigenvalue weighted by atomic mass is 9.89. The summed E-state index contributed by atoms with van der Waals surface area (Å²) in [6.45, 7) is 2.29. The van der Waals surface area contributed by atoms with Crippen LogP contribution in [0.5, 0.6) is 0 Å². The Morgan fingerprint density at radius 3 is 2.87 bits per heavy atom. The molecule has 1 N–H and O–H groups in total. The zero-order valence-electron chi connectivity index (χ0n) is 8.32. The largest absolute Gasteiger partial charge is 0.387 e. The van der Waals surface area contributed by atoms with Gasteiger partial charge in [-0.25, -0.2) is 0 Å². The van der Waals surface area contributed by atoms with Crippen LogP contribution in [0.4, 0.5) is 0 Å². The second-order valence-electron chi connectivity index (χ2n) is 4.64. The Kier molecular flexibility index (Phi) is 2.16. The molecule has 1 aliphatic heterocycles. The number of likely N-dealkylation sites (tertiary alicyclic amines) is 1. The molecule has 0 radical (unpaired) electrons. The van der Waals surface area contributed by atoms with E-state index in [9.17, 15) is 5.11 Å². The molecular formula is C10H13BrN2O2. The van der Waals surface area contributed by atoms with Gasteiger partial charge in [-0.05, 0) is 34.7 Å². The Morgan fingerprint density at radius 2 is 2.33 bits per heavy atom. The van der Waals surface area contributed by atoms with Gasteiger partial charge < -0.3 is 9.63 Å². The van der Waals surface area contributed by atoms with Crippen molar-refractivity contribution in [3.8, 4) is 0 Å². The molecule has 0 spiro atoms. The molecule has 0 bridgehead atoms. The quantitative estimate of drug-likeness (QED) is 0.904. The third-order valence-corrected chi connectivity index (χ3v) is 3.62. The summed E-state index contributed by atoms with van der Waals surface area (Å²) in [4.78, 5) is 2.19. The van der Waals surface area contributed by atoms with Gasteiger partial charge in [-0.3, -0.25) is 4.90 Å². The average Bonchev–Trinajstić information content (AvgIpc) is 2.90. The first-order chi connectivity index (χ1) is 7.16. The molecule has 2 fully saturated rings. The second-order valence-corrected chi connectivity index (χ2v) is 5.45. The fourth-order valence-electron chi connectivity index (χ4n) is 2.30. The first kappa shape index (κ1) is 9.81. The molecule has 0 aromatic carbocycles. The number of aliphatic hydroxyl groups is 1. The minimum Gasteiger partial charge on any atom is -0.387 e. The van der Waals surface area contributed by atoms with Crippen molar-refractivity contribution in [2.75, 3.05) is 13.1 Å². The molecule has 1 aromatic rings. The molecule has 0 unspecified atom stereocenters. The van der Waals surface area contributed by atoms with E-state index >= 15 is 0 Å². The van der Waals surface area contributed by atoms with Gasteiger partial charge in [0.1, 0.15) is 4.60 Å². The van der Waals surface area contributed by atoms with Crippen LogP contribution in [0, 0.1) is 5.92 Å². The highest BCUT2D eigenvalue weighted by atomic mass is 79.9. The fourth-order valence-corrected chi connectivity index (χ4v) is 2.63. The van der Waals surface area contributed by atoms with E-state index in [1.807, 2.05) is 6.07 Å². The van der Waals surface area contributed by atoms with Crippen molar-refractivity contribution < 1.29 is 9.63 Å². The molecule has 0 amide bonds. The van der Waals surface area contributed by atoms with Crippen molar-refractivity contribution in [1.82, 2.24) is 10.1 Å². The maximum absolute atomic E-state index is 10.1. The Morgan fingerprint density at radius 1 is 1.60 bits per heavy atom. The second kappa shape index (κ2) is 3.30. The zero-order chi connectivity index (χ0) is 10.5. The maximum atomic E-state index is 10.1. The van der Waals surface area contributed by atoms with Crippen molar-refractivity contribution >= 4 is 15.9 Å². The maximum Gasteiger partial charge on any atom is 0.151 e. The first-order valence-electron chi connectivity index (χ1n) is 5.21. The van der Waals surface area contributed by atoms with Crippen LogP contribution >= 0.6 is 15.9 Å². The number of hydrogen-bond donors (Lipinski definition) is 1. The molecule has 4 nitrogen and oxygen atoms in total. The predicted molar refractivity (Wildman–Crippen MR) is 57.2 cm³/mol. The van der Waals surface area contributed by atoms with Gasteiger partial charge in [0.25, 0.3) is 0 Å². The highest BCUT2D eigenvalue weighted by Crippen LogP contribution is 2.44. The summed E-state index contributed by atoms with van der Waals surface area (Å²) >= 11 is 3.24. The van der Waals surface area contributed by atoms with Gasteiger partial charge in [-0.15, -0.1) is 0 Å². The number of hydrogen-bond acceptors (Lipinski definition) is 4. The van der Waals surface area contributed by atoms with E-state index in [1.165, 1.54) is 12.8 Å². The smallest absolute Gasteiger partial charge is 0.151 e. The topological polar surface area (TPSA) is 49.5 Å². The van der Waals surface area contributed by atoms with Crippen molar-refractivity contribution in [3.63, 3.8) is 0 Å². The van der Waals surface area contributed by atoms with E-state index in [2.05, 4.69) is 26.0 Å². The van der Waals surface area contributed by atoms with Crippen molar-refractivity contribution in [2.24, 2.45) is 5.92 Å². The Hall–Kier alpha value is -0.390. The van der Waals surface area contributed by atoms with Crippen molar-refractivity contribution in [1.29, 1.82) is 0 Å². The molecule has 15 heavy (non-hydrogen) atoms. The highest BCUT2D eigenvalue weighted by Gasteiger charge is 2.51. The summed E-state index contributed by atoms with van der Waals surface area (Å²) in [6.07, 6.45) is 2.39. The van der Waals surface area contributed by atoms with Crippen LogP contribution in [-0.4, -0.2) is 33.9 Å². The first-order valence-corrected chi connectivity index (χ1v) is 6.01. The van der Waals surface area contributed by atoms with E-state index in [-0.39, 0.29) is 0 Å². The molecule has 1 aliphatic carbocycles. The van der Waals surface area contributed by atoms with Gasteiger partial charge in [0.2, 0.25) is 0 Å². The number of β-amino-alcohol motifs (C(OH)–C–C–N with tert-alkyl or cyclic N) is 1. The van der Waals surface area contributed by atoms with E-state index in [0.717, 1.165) is 30.0 Å². The van der Waals surface area contributed by atoms with Crippen LogP contribution in [0.1, 0.15) is 18.6 Å². The normalized spacial score (nSPS) is 25.2. The Balaban J connectivity index is 1.55. The SMILES string of the molecule is OC1(C2CC2)CN(Cc2cc(Br)no2)C1. The van der Waals surface area contributed by atoms with Crippen molar-refractivity contribution in [3.05, 3.63) is 16.4 Å². The summed E-state index contributed by atoms with van der Waals surface area (Å²) in [6, 6.07) is 1.87. The molecule has 1 saturated carbocycles. The molecule has 82 valence electrons. The number of halogens is 1. The van der Waals surface area contributed by atoms with Gasteiger partial charge >= 0.3 is 0 Å². The molecule has 3 rings (SSSR count). The summed E-state index contributed by atoms with van der Waals surface area (Å²) in [5.74, 6) is 1.40. The summed E-state index contributed by atoms with van der Waals surface area (Å²) in [5, 5.41) is 13.9.